The first kappa shape index (κ1) is 15.3. The highest BCUT2D eigenvalue weighted by Gasteiger charge is 2.30. The zero-order valence-electron chi connectivity index (χ0n) is 10.9. The van der Waals surface area contributed by atoms with Crippen molar-refractivity contribution < 1.29 is 14.7 Å². The fraction of sp³-hybridized carbons (Fsp3) is 0.833. The van der Waals surface area contributed by atoms with E-state index in [1.54, 1.807) is 11.8 Å². The van der Waals surface area contributed by atoms with Crippen LogP contribution in [0.2, 0.25) is 0 Å². The first-order valence-corrected chi connectivity index (χ1v) is 7.71. The highest BCUT2D eigenvalue weighted by Crippen LogP contribution is 2.16. The molecule has 1 saturated heterocycles. The Labute approximate surface area is 112 Å². The number of carboxylic acids is 1. The van der Waals surface area contributed by atoms with Gasteiger partial charge in [0.25, 0.3) is 0 Å². The largest absolute Gasteiger partial charge is 0.480 e. The SMILES string of the molecule is CSCC[C@H](NC(=O)C1NCCCC1C)C(=O)O. The van der Waals surface area contributed by atoms with Crippen LogP contribution in [-0.4, -0.2) is 47.6 Å². The van der Waals surface area contributed by atoms with Crippen LogP contribution in [0.5, 0.6) is 0 Å². The van der Waals surface area contributed by atoms with Crippen molar-refractivity contribution in [3.63, 3.8) is 0 Å². The molecule has 0 aliphatic carbocycles. The molecule has 1 rings (SSSR count). The summed E-state index contributed by atoms with van der Waals surface area (Å²) in [6, 6.07) is -1.03. The van der Waals surface area contributed by atoms with Gasteiger partial charge in [0, 0.05) is 0 Å². The first-order chi connectivity index (χ1) is 8.56. The number of carboxylic acid groups (broad SMARTS) is 1. The summed E-state index contributed by atoms with van der Waals surface area (Å²) in [5.74, 6) is -0.157. The van der Waals surface area contributed by atoms with Gasteiger partial charge < -0.3 is 15.7 Å². The number of hydrogen-bond donors (Lipinski definition) is 3. The minimum atomic E-state index is -0.958. The van der Waals surface area contributed by atoms with E-state index in [0.29, 0.717) is 6.42 Å². The summed E-state index contributed by atoms with van der Waals surface area (Å²) in [4.78, 5) is 23.1. The Morgan fingerprint density at radius 1 is 1.56 bits per heavy atom. The van der Waals surface area contributed by atoms with E-state index in [9.17, 15) is 9.59 Å². The molecule has 5 nitrogen and oxygen atoms in total. The number of aliphatic carboxylic acids is 1. The normalized spacial score (nSPS) is 25.4. The molecule has 3 atom stereocenters. The van der Waals surface area contributed by atoms with E-state index >= 15 is 0 Å². The van der Waals surface area contributed by atoms with Gasteiger partial charge in [-0.25, -0.2) is 4.79 Å². The van der Waals surface area contributed by atoms with Gasteiger partial charge >= 0.3 is 5.97 Å². The Balaban J connectivity index is 2.51. The van der Waals surface area contributed by atoms with Gasteiger partial charge in [0.1, 0.15) is 6.04 Å². The molecule has 18 heavy (non-hydrogen) atoms. The zero-order valence-corrected chi connectivity index (χ0v) is 11.8. The van der Waals surface area contributed by atoms with Crippen LogP contribution >= 0.6 is 11.8 Å². The van der Waals surface area contributed by atoms with Gasteiger partial charge in [-0.15, -0.1) is 0 Å². The van der Waals surface area contributed by atoms with E-state index in [1.165, 1.54) is 0 Å². The Morgan fingerprint density at radius 3 is 2.83 bits per heavy atom. The van der Waals surface area contributed by atoms with E-state index in [1.807, 2.05) is 13.2 Å². The van der Waals surface area contributed by atoms with Gasteiger partial charge in [0.2, 0.25) is 5.91 Å². The Morgan fingerprint density at radius 2 is 2.28 bits per heavy atom. The van der Waals surface area contributed by atoms with E-state index in [0.717, 1.165) is 25.1 Å². The van der Waals surface area contributed by atoms with Crippen molar-refractivity contribution in [2.45, 2.75) is 38.3 Å². The number of carbonyl (C=O) groups is 2. The van der Waals surface area contributed by atoms with Gasteiger partial charge in [-0.3, -0.25) is 4.79 Å². The van der Waals surface area contributed by atoms with Crippen LogP contribution in [-0.2, 0) is 9.59 Å². The molecule has 0 aromatic heterocycles. The molecular weight excluding hydrogens is 252 g/mol. The summed E-state index contributed by atoms with van der Waals surface area (Å²) in [7, 11) is 0. The van der Waals surface area contributed by atoms with Gasteiger partial charge in [0.15, 0.2) is 0 Å². The summed E-state index contributed by atoms with van der Waals surface area (Å²) in [6.45, 7) is 2.85. The lowest BCUT2D eigenvalue weighted by Crippen LogP contribution is -2.54. The molecule has 104 valence electrons. The Kier molecular flexibility index (Phi) is 6.49. The third-order valence-electron chi connectivity index (χ3n) is 3.28. The van der Waals surface area contributed by atoms with Crippen molar-refractivity contribution in [1.82, 2.24) is 10.6 Å². The fourth-order valence-electron chi connectivity index (χ4n) is 2.16. The minimum absolute atomic E-state index is 0.185. The van der Waals surface area contributed by atoms with Crippen molar-refractivity contribution >= 4 is 23.6 Å². The zero-order chi connectivity index (χ0) is 13.5. The van der Waals surface area contributed by atoms with Gasteiger partial charge in [0.05, 0.1) is 6.04 Å². The molecule has 2 unspecified atom stereocenters. The summed E-state index contributed by atoms with van der Waals surface area (Å²) in [5, 5.41) is 14.9. The quantitative estimate of drug-likeness (QED) is 0.664. The van der Waals surface area contributed by atoms with E-state index in [-0.39, 0.29) is 17.9 Å². The molecule has 1 amide bonds. The molecule has 6 heteroatoms. The van der Waals surface area contributed by atoms with E-state index in [4.69, 9.17) is 5.11 Å². The van der Waals surface area contributed by atoms with Gasteiger partial charge in [-0.2, -0.15) is 11.8 Å². The average Bonchev–Trinajstić information content (AvgIpc) is 2.34. The maximum Gasteiger partial charge on any atom is 0.326 e. The second kappa shape index (κ2) is 7.63. The van der Waals surface area contributed by atoms with Crippen molar-refractivity contribution in [3.8, 4) is 0 Å². The molecule has 0 radical (unpaired) electrons. The third-order valence-corrected chi connectivity index (χ3v) is 3.92. The van der Waals surface area contributed by atoms with Gasteiger partial charge in [-0.05, 0) is 43.7 Å². The number of hydrogen-bond acceptors (Lipinski definition) is 4. The number of carbonyl (C=O) groups excluding carboxylic acids is 1. The lowest BCUT2D eigenvalue weighted by atomic mass is 9.92. The maximum absolute atomic E-state index is 12.0. The predicted octanol–water partition coefficient (Wildman–Crippen LogP) is 0.697. The molecule has 1 fully saturated rings. The molecule has 0 aromatic carbocycles. The molecule has 0 saturated carbocycles. The van der Waals surface area contributed by atoms with Crippen molar-refractivity contribution in [1.29, 1.82) is 0 Å². The molecule has 1 heterocycles. The molecular formula is C12H22N2O3S. The van der Waals surface area contributed by atoms with Crippen LogP contribution in [0.15, 0.2) is 0 Å². The number of piperidine rings is 1. The second-order valence-electron chi connectivity index (χ2n) is 4.73. The number of amides is 1. The smallest absolute Gasteiger partial charge is 0.326 e. The van der Waals surface area contributed by atoms with Crippen molar-refractivity contribution in [2.75, 3.05) is 18.6 Å². The highest BCUT2D eigenvalue weighted by atomic mass is 32.2. The lowest BCUT2D eigenvalue weighted by molar-refractivity contribution is -0.142. The number of nitrogens with one attached hydrogen (secondary N) is 2. The van der Waals surface area contributed by atoms with Crippen molar-refractivity contribution in [3.05, 3.63) is 0 Å². The first-order valence-electron chi connectivity index (χ1n) is 6.31. The maximum atomic E-state index is 12.0. The lowest BCUT2D eigenvalue weighted by Gasteiger charge is -2.30. The summed E-state index contributed by atoms with van der Waals surface area (Å²) < 4.78 is 0. The molecule has 0 spiro atoms. The second-order valence-corrected chi connectivity index (χ2v) is 5.72. The Hall–Kier alpha value is -0.750. The fourth-order valence-corrected chi connectivity index (χ4v) is 2.63. The van der Waals surface area contributed by atoms with Crippen molar-refractivity contribution in [2.24, 2.45) is 5.92 Å². The van der Waals surface area contributed by atoms with Crippen LogP contribution in [0.4, 0.5) is 0 Å². The van der Waals surface area contributed by atoms with Crippen LogP contribution in [0.1, 0.15) is 26.2 Å². The average molecular weight is 274 g/mol. The third kappa shape index (κ3) is 4.49. The molecule has 0 bridgehead atoms. The van der Waals surface area contributed by atoms with Crippen LogP contribution in [0.3, 0.4) is 0 Å². The standard InChI is InChI=1S/C12H22N2O3S/c1-8-4-3-6-13-10(8)11(15)14-9(12(16)17)5-7-18-2/h8-10,13H,3-7H2,1-2H3,(H,14,15)(H,16,17)/t8?,9-,10?/m0/s1. The molecule has 3 N–H and O–H groups in total. The minimum Gasteiger partial charge on any atom is -0.480 e. The van der Waals surface area contributed by atoms with Crippen LogP contribution < -0.4 is 10.6 Å². The molecule has 1 aliphatic rings. The van der Waals surface area contributed by atoms with Gasteiger partial charge in [-0.1, -0.05) is 6.92 Å². The van der Waals surface area contributed by atoms with Crippen LogP contribution in [0.25, 0.3) is 0 Å². The molecule has 1 aliphatic heterocycles. The topological polar surface area (TPSA) is 78.4 Å². The van der Waals surface area contributed by atoms with E-state index < -0.39 is 12.0 Å². The number of thioether (sulfide) groups is 1. The predicted molar refractivity (Wildman–Crippen MR) is 72.8 cm³/mol. The van der Waals surface area contributed by atoms with E-state index in [2.05, 4.69) is 10.6 Å². The summed E-state index contributed by atoms with van der Waals surface area (Å²) >= 11 is 1.58. The number of rotatable bonds is 6. The monoisotopic (exact) mass is 274 g/mol. The van der Waals surface area contributed by atoms with Crippen LogP contribution in [0, 0.1) is 5.92 Å². The summed E-state index contributed by atoms with van der Waals surface area (Å²) in [6.07, 6.45) is 4.46. The molecule has 0 aromatic rings. The Bertz CT molecular complexity index is 299. The summed E-state index contributed by atoms with van der Waals surface area (Å²) in [5.41, 5.74) is 0. The highest BCUT2D eigenvalue weighted by molar-refractivity contribution is 7.98.